The van der Waals surface area contributed by atoms with Crippen molar-refractivity contribution in [1.29, 1.82) is 0 Å². The molecule has 2 aromatic rings. The summed E-state index contributed by atoms with van der Waals surface area (Å²) >= 11 is 0. The second-order valence-corrected chi connectivity index (χ2v) is 8.00. The van der Waals surface area contributed by atoms with Gasteiger partial charge in [0.15, 0.2) is 0 Å². The lowest BCUT2D eigenvalue weighted by Crippen LogP contribution is -2.45. The zero-order valence-corrected chi connectivity index (χ0v) is 17.9. The number of allylic oxidation sites excluding steroid dienone is 1. The zero-order valence-electron chi connectivity index (χ0n) is 17.9. The monoisotopic (exact) mass is 407 g/mol. The second-order valence-electron chi connectivity index (χ2n) is 8.00. The highest BCUT2D eigenvalue weighted by atomic mass is 16.5. The van der Waals surface area contributed by atoms with Gasteiger partial charge in [0.05, 0.1) is 18.2 Å². The van der Waals surface area contributed by atoms with Crippen LogP contribution in [0.3, 0.4) is 0 Å². The van der Waals surface area contributed by atoms with Crippen LogP contribution < -0.4 is 15.5 Å². The molecule has 1 aliphatic rings. The summed E-state index contributed by atoms with van der Waals surface area (Å²) in [6, 6.07) is 17.3. The fraction of sp³-hybridized carbons (Fsp3) is 0.333. The molecule has 0 radical (unpaired) electrons. The highest BCUT2D eigenvalue weighted by molar-refractivity contribution is 5.95. The number of esters is 1. The molecule has 0 fully saturated rings. The number of rotatable bonds is 7. The maximum Gasteiger partial charge on any atom is 0.338 e. The SMILES string of the molecule is CC1=C(C(=O)OCC(C)C)C(c2ccc(N(C)Cc3ccccc3)cc2)NC(=O)N1. The van der Waals surface area contributed by atoms with Gasteiger partial charge in [-0.15, -0.1) is 0 Å². The Balaban J connectivity index is 1.79. The van der Waals surface area contributed by atoms with E-state index in [-0.39, 0.29) is 11.9 Å². The lowest BCUT2D eigenvalue weighted by molar-refractivity contribution is -0.140. The van der Waals surface area contributed by atoms with Crippen LogP contribution in [-0.2, 0) is 16.1 Å². The van der Waals surface area contributed by atoms with Crippen LogP contribution in [0.5, 0.6) is 0 Å². The third-order valence-corrected chi connectivity index (χ3v) is 4.97. The average molecular weight is 408 g/mol. The van der Waals surface area contributed by atoms with Crippen LogP contribution in [0.1, 0.15) is 37.9 Å². The number of ether oxygens (including phenoxy) is 1. The van der Waals surface area contributed by atoms with E-state index in [4.69, 9.17) is 4.74 Å². The Morgan fingerprint density at radius 2 is 1.77 bits per heavy atom. The lowest BCUT2D eigenvalue weighted by Gasteiger charge is -2.29. The molecular weight excluding hydrogens is 378 g/mol. The predicted molar refractivity (Wildman–Crippen MR) is 118 cm³/mol. The van der Waals surface area contributed by atoms with E-state index >= 15 is 0 Å². The number of carbonyl (C=O) groups is 2. The minimum Gasteiger partial charge on any atom is -0.462 e. The Kier molecular flexibility index (Phi) is 6.77. The minimum absolute atomic E-state index is 0.235. The standard InChI is InChI=1S/C24H29N3O3/c1-16(2)15-30-23(28)21-17(3)25-24(29)26-22(21)19-10-12-20(13-11-19)27(4)14-18-8-6-5-7-9-18/h5-13,16,22H,14-15H2,1-4H3,(H2,25,26,29). The smallest absolute Gasteiger partial charge is 0.338 e. The Bertz CT molecular complexity index is 920. The van der Waals surface area contributed by atoms with Gasteiger partial charge in [0.2, 0.25) is 0 Å². The van der Waals surface area contributed by atoms with Crippen molar-refractivity contribution >= 4 is 17.7 Å². The molecule has 1 atom stereocenters. The van der Waals surface area contributed by atoms with E-state index in [2.05, 4.69) is 27.7 Å². The number of hydrogen-bond acceptors (Lipinski definition) is 4. The number of anilines is 1. The van der Waals surface area contributed by atoms with E-state index in [1.807, 2.05) is 63.4 Å². The fourth-order valence-electron chi connectivity index (χ4n) is 3.40. The summed E-state index contributed by atoms with van der Waals surface area (Å²) in [6.07, 6.45) is 0. The van der Waals surface area contributed by atoms with Crippen molar-refractivity contribution in [1.82, 2.24) is 10.6 Å². The second kappa shape index (κ2) is 9.48. The zero-order chi connectivity index (χ0) is 21.7. The number of amides is 2. The Morgan fingerprint density at radius 3 is 2.40 bits per heavy atom. The van der Waals surface area contributed by atoms with Crippen molar-refractivity contribution in [2.75, 3.05) is 18.6 Å². The highest BCUT2D eigenvalue weighted by Gasteiger charge is 2.32. The molecule has 2 amide bonds. The first kappa shape index (κ1) is 21.4. The summed E-state index contributed by atoms with van der Waals surface area (Å²) in [6.45, 7) is 6.81. The average Bonchev–Trinajstić information content (AvgIpc) is 2.72. The van der Waals surface area contributed by atoms with Crippen LogP contribution in [0.4, 0.5) is 10.5 Å². The van der Waals surface area contributed by atoms with Gasteiger partial charge >= 0.3 is 12.0 Å². The van der Waals surface area contributed by atoms with Gasteiger partial charge in [-0.3, -0.25) is 0 Å². The fourth-order valence-corrected chi connectivity index (χ4v) is 3.40. The van der Waals surface area contributed by atoms with Gasteiger partial charge in [-0.25, -0.2) is 9.59 Å². The normalized spacial score (nSPS) is 16.2. The molecule has 1 unspecified atom stereocenters. The first-order valence-corrected chi connectivity index (χ1v) is 10.2. The highest BCUT2D eigenvalue weighted by Crippen LogP contribution is 2.29. The van der Waals surface area contributed by atoms with Crippen molar-refractivity contribution in [2.45, 2.75) is 33.4 Å². The molecule has 6 heteroatoms. The summed E-state index contributed by atoms with van der Waals surface area (Å²) in [5, 5.41) is 5.52. The number of nitrogens with one attached hydrogen (secondary N) is 2. The molecule has 158 valence electrons. The van der Waals surface area contributed by atoms with Gasteiger partial charge in [0, 0.05) is 25.0 Å². The molecule has 30 heavy (non-hydrogen) atoms. The third-order valence-electron chi connectivity index (χ3n) is 4.97. The number of carbonyl (C=O) groups excluding carboxylic acids is 2. The summed E-state index contributed by atoms with van der Waals surface area (Å²) in [4.78, 5) is 26.9. The molecule has 1 heterocycles. The van der Waals surface area contributed by atoms with Crippen molar-refractivity contribution in [2.24, 2.45) is 5.92 Å². The number of benzene rings is 2. The maximum absolute atomic E-state index is 12.7. The first-order valence-electron chi connectivity index (χ1n) is 10.2. The number of nitrogens with zero attached hydrogens (tertiary/aromatic N) is 1. The van der Waals surface area contributed by atoms with Crippen LogP contribution in [0, 0.1) is 5.92 Å². The third kappa shape index (κ3) is 5.20. The topological polar surface area (TPSA) is 70.7 Å². The molecule has 0 bridgehead atoms. The van der Waals surface area contributed by atoms with E-state index in [0.29, 0.717) is 17.9 Å². The van der Waals surface area contributed by atoms with Crippen molar-refractivity contribution < 1.29 is 14.3 Å². The Morgan fingerprint density at radius 1 is 1.10 bits per heavy atom. The Labute approximate surface area is 177 Å². The molecule has 6 nitrogen and oxygen atoms in total. The number of hydrogen-bond donors (Lipinski definition) is 2. The van der Waals surface area contributed by atoms with Gasteiger partial charge in [-0.05, 0) is 36.1 Å². The van der Waals surface area contributed by atoms with E-state index in [9.17, 15) is 9.59 Å². The van der Waals surface area contributed by atoms with Gasteiger partial charge < -0.3 is 20.3 Å². The molecule has 1 aliphatic heterocycles. The molecule has 2 aromatic carbocycles. The molecule has 0 spiro atoms. The summed E-state index contributed by atoms with van der Waals surface area (Å²) in [5.74, 6) is -0.178. The van der Waals surface area contributed by atoms with E-state index in [1.54, 1.807) is 6.92 Å². The summed E-state index contributed by atoms with van der Waals surface area (Å²) < 4.78 is 5.43. The predicted octanol–water partition coefficient (Wildman–Crippen LogP) is 4.15. The van der Waals surface area contributed by atoms with Crippen molar-refractivity contribution in [3.05, 3.63) is 77.0 Å². The van der Waals surface area contributed by atoms with Crippen molar-refractivity contribution in [3.8, 4) is 0 Å². The van der Waals surface area contributed by atoms with Gasteiger partial charge in [0.1, 0.15) is 0 Å². The van der Waals surface area contributed by atoms with Gasteiger partial charge in [0.25, 0.3) is 0 Å². The van der Waals surface area contributed by atoms with E-state index < -0.39 is 12.0 Å². The molecule has 0 saturated heterocycles. The van der Waals surface area contributed by atoms with Crippen LogP contribution >= 0.6 is 0 Å². The van der Waals surface area contributed by atoms with Crippen LogP contribution in [0.15, 0.2) is 65.9 Å². The van der Waals surface area contributed by atoms with Gasteiger partial charge in [-0.2, -0.15) is 0 Å². The molecule has 2 N–H and O–H groups in total. The van der Waals surface area contributed by atoms with Gasteiger partial charge in [-0.1, -0.05) is 56.3 Å². The molecule has 0 aromatic heterocycles. The van der Waals surface area contributed by atoms with Crippen molar-refractivity contribution in [3.63, 3.8) is 0 Å². The number of urea groups is 1. The summed E-state index contributed by atoms with van der Waals surface area (Å²) in [5.41, 5.74) is 4.05. The maximum atomic E-state index is 12.7. The van der Waals surface area contributed by atoms with Crippen LogP contribution in [-0.4, -0.2) is 25.7 Å². The molecule has 0 aliphatic carbocycles. The molecule has 3 rings (SSSR count). The largest absolute Gasteiger partial charge is 0.462 e. The quantitative estimate of drug-likeness (QED) is 0.677. The summed E-state index contributed by atoms with van der Waals surface area (Å²) in [7, 11) is 2.03. The van der Waals surface area contributed by atoms with Crippen LogP contribution in [0.2, 0.25) is 0 Å². The molecule has 0 saturated carbocycles. The molecular formula is C24H29N3O3. The van der Waals surface area contributed by atoms with Crippen LogP contribution in [0.25, 0.3) is 0 Å². The van der Waals surface area contributed by atoms with E-state index in [1.165, 1.54) is 5.56 Å². The Hall–Kier alpha value is -3.28. The lowest BCUT2D eigenvalue weighted by atomic mass is 9.95. The minimum atomic E-state index is -0.549. The van der Waals surface area contributed by atoms with E-state index in [0.717, 1.165) is 17.8 Å². The first-order chi connectivity index (χ1) is 14.3.